The van der Waals surface area contributed by atoms with Gasteiger partial charge in [0.2, 0.25) is 0 Å². The second kappa shape index (κ2) is 16.6. The van der Waals surface area contributed by atoms with Crippen LogP contribution in [0.3, 0.4) is 0 Å². The van der Waals surface area contributed by atoms with Crippen LogP contribution >= 0.6 is 0 Å². The Balaban J connectivity index is -0.000000213. The van der Waals surface area contributed by atoms with Gasteiger partial charge in [0.25, 0.3) is 0 Å². The molecular formula is C8H7Li4NO8. The Morgan fingerprint density at radius 1 is 0.667 bits per heavy atom. The third kappa shape index (κ3) is 16.4. The summed E-state index contributed by atoms with van der Waals surface area (Å²) in [5.74, 6) is -7.34. The molecule has 0 rings (SSSR count). The van der Waals surface area contributed by atoms with E-state index in [2.05, 4.69) is 0 Å². The van der Waals surface area contributed by atoms with Crippen molar-refractivity contribution in [3.63, 3.8) is 0 Å². The first kappa shape index (κ1) is 33.0. The molecule has 96 valence electrons. The molecule has 0 radical (unpaired) electrons. The third-order valence-corrected chi connectivity index (χ3v) is 1.71. The predicted molar refractivity (Wildman–Crippen MR) is 40.0 cm³/mol. The molecule has 0 heterocycles. The normalized spacial score (nSPS) is 11.0. The van der Waals surface area contributed by atoms with Gasteiger partial charge in [-0.3, -0.25) is 0 Å². The molecule has 9 nitrogen and oxygen atoms in total. The van der Waals surface area contributed by atoms with Gasteiger partial charge < -0.3 is 44.9 Å². The molecule has 0 aromatic carbocycles. The molecule has 0 bridgehead atoms. The third-order valence-electron chi connectivity index (χ3n) is 1.71. The van der Waals surface area contributed by atoms with E-state index in [1.54, 1.807) is 5.32 Å². The molecule has 0 amide bonds. The molecule has 21 heavy (non-hydrogen) atoms. The number of aliphatic carboxylic acids is 4. The van der Waals surface area contributed by atoms with Gasteiger partial charge in [-0.2, -0.15) is 0 Å². The Bertz CT molecular complexity index is 321. The zero-order valence-electron chi connectivity index (χ0n) is 12.3. The fourth-order valence-corrected chi connectivity index (χ4v) is 0.997. The molecule has 0 aliphatic rings. The van der Waals surface area contributed by atoms with Gasteiger partial charge in [-0.25, -0.2) is 0 Å². The van der Waals surface area contributed by atoms with Gasteiger partial charge in [0.1, 0.15) is 0 Å². The summed E-state index contributed by atoms with van der Waals surface area (Å²) in [5.41, 5.74) is 0. The van der Waals surface area contributed by atoms with Gasteiger partial charge in [-0.1, -0.05) is 0 Å². The van der Waals surface area contributed by atoms with Crippen molar-refractivity contribution < 1.29 is 115 Å². The molecule has 0 spiro atoms. The standard InChI is InChI=1S/C8H11NO8.4Li/c10-5(11)1-3(7(14)15)9-4(8(16)17)2-6(12)13;;;;/h3-4,9H,1-2H2,(H,10,11)(H,12,13)(H,14,15)(H,16,17);;;;/q;4*+1/p-4. The van der Waals surface area contributed by atoms with E-state index in [1.165, 1.54) is 0 Å². The SMILES string of the molecule is O=C([O-])CC(NC(CC(=O)[O-])C(=O)[O-])C(=O)[O-].[Li+].[Li+].[Li+].[Li+]. The van der Waals surface area contributed by atoms with Crippen LogP contribution < -0.4 is 101 Å². The minimum atomic E-state index is -1.90. The van der Waals surface area contributed by atoms with Crippen LogP contribution in [0.4, 0.5) is 0 Å². The van der Waals surface area contributed by atoms with Crippen LogP contribution in [0.25, 0.3) is 0 Å². The molecule has 0 aromatic heterocycles. The molecule has 0 saturated carbocycles. The average molecular weight is 273 g/mol. The van der Waals surface area contributed by atoms with E-state index in [0.29, 0.717) is 0 Å². The number of nitrogens with one attached hydrogen (secondary N) is 1. The van der Waals surface area contributed by atoms with E-state index in [1.807, 2.05) is 0 Å². The molecule has 2 atom stereocenters. The first-order valence-electron chi connectivity index (χ1n) is 4.31. The van der Waals surface area contributed by atoms with Crippen molar-refractivity contribution in [1.82, 2.24) is 5.32 Å². The summed E-state index contributed by atoms with van der Waals surface area (Å²) >= 11 is 0. The Morgan fingerprint density at radius 3 is 1.05 bits per heavy atom. The summed E-state index contributed by atoms with van der Waals surface area (Å²) in [5, 5.41) is 42.9. The van der Waals surface area contributed by atoms with Crippen molar-refractivity contribution in [2.24, 2.45) is 0 Å². The summed E-state index contributed by atoms with van der Waals surface area (Å²) in [4.78, 5) is 41.2. The minimum Gasteiger partial charge on any atom is -0.550 e. The van der Waals surface area contributed by atoms with Crippen LogP contribution in [0.15, 0.2) is 0 Å². The van der Waals surface area contributed by atoms with Crippen molar-refractivity contribution in [3.8, 4) is 0 Å². The van der Waals surface area contributed by atoms with Crippen molar-refractivity contribution in [2.75, 3.05) is 0 Å². The summed E-state index contributed by atoms with van der Waals surface area (Å²) in [6.07, 6.45) is -2.14. The summed E-state index contributed by atoms with van der Waals surface area (Å²) in [7, 11) is 0. The number of carbonyl (C=O) groups is 4. The molecule has 2 unspecified atom stereocenters. The van der Waals surface area contributed by atoms with Gasteiger partial charge in [0, 0.05) is 24.8 Å². The summed E-state index contributed by atoms with van der Waals surface area (Å²) in [6.45, 7) is 0. The van der Waals surface area contributed by atoms with Crippen LogP contribution in [0.5, 0.6) is 0 Å². The van der Waals surface area contributed by atoms with E-state index in [-0.39, 0.29) is 75.4 Å². The zero-order valence-corrected chi connectivity index (χ0v) is 12.3. The van der Waals surface area contributed by atoms with E-state index >= 15 is 0 Å². The molecule has 0 aromatic rings. The maximum absolute atomic E-state index is 10.4. The number of hydrogen-bond donors (Lipinski definition) is 1. The van der Waals surface area contributed by atoms with E-state index in [9.17, 15) is 39.6 Å². The summed E-state index contributed by atoms with van der Waals surface area (Å²) in [6, 6.07) is -3.80. The Morgan fingerprint density at radius 2 is 0.905 bits per heavy atom. The van der Waals surface area contributed by atoms with Gasteiger partial charge in [-0.05, 0) is 0 Å². The van der Waals surface area contributed by atoms with Crippen molar-refractivity contribution in [3.05, 3.63) is 0 Å². The number of hydrogen-bond acceptors (Lipinski definition) is 9. The van der Waals surface area contributed by atoms with Gasteiger partial charge in [-0.15, -0.1) is 0 Å². The van der Waals surface area contributed by atoms with Gasteiger partial charge in [0.05, 0.1) is 24.0 Å². The number of carboxylic acids is 4. The second-order valence-corrected chi connectivity index (χ2v) is 3.06. The van der Waals surface area contributed by atoms with Crippen LogP contribution in [-0.2, 0) is 19.2 Å². The molecule has 13 heteroatoms. The number of carbonyl (C=O) groups excluding carboxylic acids is 4. The maximum atomic E-state index is 10.4. The van der Waals surface area contributed by atoms with Crippen molar-refractivity contribution in [1.29, 1.82) is 0 Å². The monoisotopic (exact) mass is 273 g/mol. The maximum Gasteiger partial charge on any atom is 1.00 e. The predicted octanol–water partition coefficient (Wildman–Crippen LogP) is -18.9. The molecular weight excluding hydrogens is 266 g/mol. The van der Waals surface area contributed by atoms with Crippen LogP contribution in [0.2, 0.25) is 0 Å². The van der Waals surface area contributed by atoms with E-state index in [4.69, 9.17) is 0 Å². The molecule has 1 N–H and O–H groups in total. The Labute approximate surface area is 168 Å². The van der Waals surface area contributed by atoms with Crippen molar-refractivity contribution >= 4 is 23.9 Å². The Hall–Kier alpha value is 0.230. The summed E-state index contributed by atoms with van der Waals surface area (Å²) < 4.78 is 0. The Kier molecular flexibility index (Phi) is 26.1. The molecule has 0 aliphatic carbocycles. The zero-order chi connectivity index (χ0) is 13.6. The minimum absolute atomic E-state index is 0. The largest absolute Gasteiger partial charge is 1.00 e. The van der Waals surface area contributed by atoms with Crippen LogP contribution in [0, 0.1) is 0 Å². The first-order valence-corrected chi connectivity index (χ1v) is 4.31. The molecule has 0 saturated heterocycles. The second-order valence-electron chi connectivity index (χ2n) is 3.06. The smallest absolute Gasteiger partial charge is 0.550 e. The number of carboxylic acid groups (broad SMARTS) is 4. The first-order chi connectivity index (χ1) is 7.73. The molecule has 0 aliphatic heterocycles. The molecule has 0 fully saturated rings. The van der Waals surface area contributed by atoms with Gasteiger partial charge in [0.15, 0.2) is 0 Å². The van der Waals surface area contributed by atoms with Crippen LogP contribution in [0.1, 0.15) is 12.8 Å². The van der Waals surface area contributed by atoms with E-state index < -0.39 is 48.8 Å². The fraction of sp³-hybridized carbons (Fsp3) is 0.500. The van der Waals surface area contributed by atoms with Gasteiger partial charge >= 0.3 is 75.4 Å². The van der Waals surface area contributed by atoms with Crippen LogP contribution in [-0.4, -0.2) is 36.0 Å². The van der Waals surface area contributed by atoms with E-state index in [0.717, 1.165) is 0 Å². The van der Waals surface area contributed by atoms with Crippen molar-refractivity contribution in [2.45, 2.75) is 24.9 Å². The topological polar surface area (TPSA) is 173 Å². The number of rotatable bonds is 8. The fourth-order valence-electron chi connectivity index (χ4n) is 0.997. The quantitative estimate of drug-likeness (QED) is 0.421. The average Bonchev–Trinajstić information content (AvgIpc) is 2.13.